The molecule has 2 rings (SSSR count). The van der Waals surface area contributed by atoms with Crippen LogP contribution in [0, 0.1) is 18.7 Å². The van der Waals surface area contributed by atoms with Crippen molar-refractivity contribution in [2.45, 2.75) is 31.6 Å². The maximum atomic E-state index is 13.3. The van der Waals surface area contributed by atoms with Crippen LogP contribution in [-0.2, 0) is 9.84 Å². The molecular weight excluding hydrogens is 369 g/mol. The molecule has 7 heteroatoms. The van der Waals surface area contributed by atoms with Crippen molar-refractivity contribution >= 4 is 21.4 Å². The number of hydrogen-bond donors (Lipinski definition) is 2. The zero-order valence-corrected chi connectivity index (χ0v) is 16.2. The van der Waals surface area contributed by atoms with E-state index in [1.165, 1.54) is 42.5 Å². The number of amides is 1. The molecule has 0 aliphatic rings. The molecule has 27 heavy (non-hydrogen) atoms. The second-order valence-corrected chi connectivity index (χ2v) is 8.60. The number of benzene rings is 2. The molecule has 2 aromatic carbocycles. The van der Waals surface area contributed by atoms with E-state index in [9.17, 15) is 22.7 Å². The number of halogens is 1. The predicted molar refractivity (Wildman–Crippen MR) is 103 cm³/mol. The standard InChI is InChI=1S/C20H24FNO4S/c1-3-5-15(12-23)13-27(25,26)18-7-4-6-16(11-18)20(24)22-17-8-9-19(21)14(2)10-17/h4,6-11,15,23H,3,5,12-13H2,1-2H3,(H,22,24)/t15-/m0/s1. The van der Waals surface area contributed by atoms with Crippen LogP contribution < -0.4 is 5.32 Å². The van der Waals surface area contributed by atoms with Crippen molar-refractivity contribution in [1.29, 1.82) is 0 Å². The van der Waals surface area contributed by atoms with Crippen LogP contribution in [0.2, 0.25) is 0 Å². The fourth-order valence-electron chi connectivity index (χ4n) is 2.80. The minimum Gasteiger partial charge on any atom is -0.396 e. The third-order valence-corrected chi connectivity index (χ3v) is 6.16. The first-order valence-electron chi connectivity index (χ1n) is 8.78. The fraction of sp³-hybridized carbons (Fsp3) is 0.350. The number of carbonyl (C=O) groups excluding carboxylic acids is 1. The summed E-state index contributed by atoms with van der Waals surface area (Å²) in [5, 5.41) is 12.0. The Hall–Kier alpha value is -2.25. The Labute approximate surface area is 159 Å². The average Bonchev–Trinajstić information content (AvgIpc) is 2.64. The normalized spacial score (nSPS) is 12.6. The lowest BCUT2D eigenvalue weighted by Gasteiger charge is -2.14. The van der Waals surface area contributed by atoms with Crippen molar-refractivity contribution in [3.63, 3.8) is 0 Å². The van der Waals surface area contributed by atoms with Gasteiger partial charge in [0.25, 0.3) is 5.91 Å². The number of hydrogen-bond acceptors (Lipinski definition) is 4. The quantitative estimate of drug-likeness (QED) is 0.718. The van der Waals surface area contributed by atoms with Gasteiger partial charge in [0.2, 0.25) is 0 Å². The van der Waals surface area contributed by atoms with Gasteiger partial charge in [0, 0.05) is 17.9 Å². The highest BCUT2D eigenvalue weighted by molar-refractivity contribution is 7.91. The zero-order chi connectivity index (χ0) is 20.0. The third kappa shape index (κ3) is 5.61. The van der Waals surface area contributed by atoms with Crippen molar-refractivity contribution in [3.05, 3.63) is 59.4 Å². The number of aliphatic hydroxyl groups excluding tert-OH is 1. The second kappa shape index (κ2) is 9.10. The molecule has 5 nitrogen and oxygen atoms in total. The maximum absolute atomic E-state index is 13.3. The van der Waals surface area contributed by atoms with E-state index in [0.29, 0.717) is 17.7 Å². The molecular formula is C20H24FNO4S. The lowest BCUT2D eigenvalue weighted by molar-refractivity contribution is 0.102. The van der Waals surface area contributed by atoms with Gasteiger partial charge in [0.05, 0.1) is 10.6 Å². The van der Waals surface area contributed by atoms with Crippen molar-refractivity contribution in [3.8, 4) is 0 Å². The highest BCUT2D eigenvalue weighted by Gasteiger charge is 2.21. The second-order valence-electron chi connectivity index (χ2n) is 6.56. The number of aliphatic hydroxyl groups is 1. The van der Waals surface area contributed by atoms with Crippen molar-refractivity contribution in [2.75, 3.05) is 17.7 Å². The van der Waals surface area contributed by atoms with Gasteiger partial charge in [-0.15, -0.1) is 0 Å². The van der Waals surface area contributed by atoms with Gasteiger partial charge in [-0.1, -0.05) is 19.4 Å². The molecule has 0 spiro atoms. The highest BCUT2D eigenvalue weighted by Crippen LogP contribution is 2.20. The molecule has 2 aromatic rings. The summed E-state index contributed by atoms with van der Waals surface area (Å²) >= 11 is 0. The van der Waals surface area contributed by atoms with Crippen LogP contribution in [0.15, 0.2) is 47.4 Å². The Bertz CT molecular complexity index is 912. The van der Waals surface area contributed by atoms with Crippen LogP contribution >= 0.6 is 0 Å². The smallest absolute Gasteiger partial charge is 0.255 e. The monoisotopic (exact) mass is 393 g/mol. The molecule has 0 aliphatic carbocycles. The van der Waals surface area contributed by atoms with Crippen LogP contribution in [0.4, 0.5) is 10.1 Å². The van der Waals surface area contributed by atoms with Crippen molar-refractivity contribution in [2.24, 2.45) is 5.92 Å². The van der Waals surface area contributed by atoms with Crippen molar-refractivity contribution < 1.29 is 22.7 Å². The molecule has 0 saturated carbocycles. The molecule has 0 saturated heterocycles. The topological polar surface area (TPSA) is 83.5 Å². The largest absolute Gasteiger partial charge is 0.396 e. The minimum absolute atomic E-state index is 0.0417. The summed E-state index contributed by atoms with van der Waals surface area (Å²) in [6.45, 7) is 3.32. The number of anilines is 1. The van der Waals surface area contributed by atoms with Crippen LogP contribution in [0.1, 0.15) is 35.7 Å². The average molecular weight is 393 g/mol. The van der Waals surface area contributed by atoms with E-state index >= 15 is 0 Å². The zero-order valence-electron chi connectivity index (χ0n) is 15.4. The molecule has 2 N–H and O–H groups in total. The molecule has 0 heterocycles. The number of rotatable bonds is 8. The van der Waals surface area contributed by atoms with E-state index in [0.717, 1.165) is 6.42 Å². The Morgan fingerprint density at radius 3 is 2.59 bits per heavy atom. The Kier molecular flexibility index (Phi) is 7.10. The van der Waals surface area contributed by atoms with E-state index in [4.69, 9.17) is 0 Å². The van der Waals surface area contributed by atoms with Gasteiger partial charge >= 0.3 is 0 Å². The summed E-state index contributed by atoms with van der Waals surface area (Å²) in [5.41, 5.74) is 1.01. The van der Waals surface area contributed by atoms with Gasteiger partial charge in [0.1, 0.15) is 5.82 Å². The number of nitrogens with one attached hydrogen (secondary N) is 1. The van der Waals surface area contributed by atoms with Gasteiger partial charge in [0.15, 0.2) is 9.84 Å². The molecule has 0 unspecified atom stereocenters. The maximum Gasteiger partial charge on any atom is 0.255 e. The van der Waals surface area contributed by atoms with E-state index in [2.05, 4.69) is 5.32 Å². The molecule has 0 aliphatic heterocycles. The van der Waals surface area contributed by atoms with E-state index < -0.39 is 15.7 Å². The predicted octanol–water partition coefficient (Wildman–Crippen LogP) is 3.57. The summed E-state index contributed by atoms with van der Waals surface area (Å²) in [6, 6.07) is 9.98. The Morgan fingerprint density at radius 1 is 1.22 bits per heavy atom. The summed E-state index contributed by atoms with van der Waals surface area (Å²) in [7, 11) is -3.62. The SMILES string of the molecule is CCC[C@@H](CO)CS(=O)(=O)c1cccc(C(=O)Nc2ccc(F)c(C)c2)c1. The van der Waals surface area contributed by atoms with Gasteiger partial charge in [-0.2, -0.15) is 0 Å². The van der Waals surface area contributed by atoms with Crippen LogP contribution in [0.25, 0.3) is 0 Å². The van der Waals surface area contributed by atoms with Gasteiger partial charge < -0.3 is 10.4 Å². The minimum atomic E-state index is -3.62. The first-order valence-corrected chi connectivity index (χ1v) is 10.4. The van der Waals surface area contributed by atoms with Gasteiger partial charge in [-0.05, 0) is 61.2 Å². The first kappa shape index (κ1) is 21.1. The van der Waals surface area contributed by atoms with E-state index in [-0.39, 0.29) is 34.6 Å². The first-order chi connectivity index (χ1) is 12.8. The number of sulfone groups is 1. The molecule has 0 fully saturated rings. The Morgan fingerprint density at radius 2 is 1.96 bits per heavy atom. The Balaban J connectivity index is 2.20. The van der Waals surface area contributed by atoms with Crippen LogP contribution in [0.5, 0.6) is 0 Å². The number of aryl methyl sites for hydroxylation is 1. The molecule has 0 bridgehead atoms. The van der Waals surface area contributed by atoms with Crippen molar-refractivity contribution in [1.82, 2.24) is 0 Å². The van der Waals surface area contributed by atoms with Gasteiger partial charge in [-0.25, -0.2) is 12.8 Å². The fourth-order valence-corrected chi connectivity index (χ4v) is 4.48. The number of carbonyl (C=O) groups is 1. The molecule has 1 amide bonds. The third-order valence-electron chi connectivity index (χ3n) is 4.28. The lowest BCUT2D eigenvalue weighted by Crippen LogP contribution is -2.20. The molecule has 146 valence electrons. The summed E-state index contributed by atoms with van der Waals surface area (Å²) in [4.78, 5) is 12.5. The van der Waals surface area contributed by atoms with Gasteiger partial charge in [-0.3, -0.25) is 4.79 Å². The summed E-state index contributed by atoms with van der Waals surface area (Å²) < 4.78 is 38.5. The van der Waals surface area contributed by atoms with Crippen LogP contribution in [0.3, 0.4) is 0 Å². The lowest BCUT2D eigenvalue weighted by atomic mass is 10.1. The van der Waals surface area contributed by atoms with E-state index in [1.807, 2.05) is 6.92 Å². The van der Waals surface area contributed by atoms with Crippen LogP contribution in [-0.4, -0.2) is 31.8 Å². The van der Waals surface area contributed by atoms with E-state index in [1.54, 1.807) is 6.92 Å². The molecule has 0 radical (unpaired) electrons. The highest BCUT2D eigenvalue weighted by atomic mass is 32.2. The summed E-state index contributed by atoms with van der Waals surface area (Å²) in [5.74, 6) is -1.35. The molecule has 1 atom stereocenters. The molecule has 0 aromatic heterocycles. The summed E-state index contributed by atoms with van der Waals surface area (Å²) in [6.07, 6.45) is 1.39.